The van der Waals surface area contributed by atoms with Crippen LogP contribution in [0, 0.1) is 0 Å². The zero-order valence-electron chi connectivity index (χ0n) is 15.7. The van der Waals surface area contributed by atoms with E-state index >= 15 is 0 Å². The van der Waals surface area contributed by atoms with E-state index in [0.717, 1.165) is 29.2 Å². The zero-order valence-corrected chi connectivity index (χ0v) is 15.7. The molecule has 3 heteroatoms. The number of fused-ring (bicyclic) bond motifs is 6. The summed E-state index contributed by atoms with van der Waals surface area (Å²) < 4.78 is 8.06. The summed E-state index contributed by atoms with van der Waals surface area (Å²) in [4.78, 5) is 5.10. The van der Waals surface area contributed by atoms with Gasteiger partial charge in [-0.2, -0.15) is 0 Å². The Morgan fingerprint density at radius 3 is 2.03 bits per heavy atom. The SMILES string of the molecule is c1ccc(Cn2c(-c3ccco3)nc3c4ccccc4c4ccccc4c32)cc1. The summed E-state index contributed by atoms with van der Waals surface area (Å²) in [5.74, 6) is 1.64. The highest BCUT2D eigenvalue weighted by Crippen LogP contribution is 2.37. The fourth-order valence-electron chi connectivity index (χ4n) is 4.28. The minimum absolute atomic E-state index is 0.732. The number of furan rings is 1. The Labute approximate surface area is 167 Å². The molecule has 0 aliphatic carbocycles. The first-order valence-electron chi connectivity index (χ1n) is 9.77. The third-order valence-corrected chi connectivity index (χ3v) is 5.55. The van der Waals surface area contributed by atoms with Gasteiger partial charge in [0, 0.05) is 17.3 Å². The minimum atomic E-state index is 0.732. The molecule has 0 spiro atoms. The molecule has 6 aromatic rings. The highest BCUT2D eigenvalue weighted by molar-refractivity contribution is 6.23. The summed E-state index contributed by atoms with van der Waals surface area (Å²) in [6.07, 6.45) is 1.71. The largest absolute Gasteiger partial charge is 0.461 e. The van der Waals surface area contributed by atoms with E-state index in [-0.39, 0.29) is 0 Å². The van der Waals surface area contributed by atoms with E-state index in [1.807, 2.05) is 18.2 Å². The Bertz CT molecular complexity index is 1460. The van der Waals surface area contributed by atoms with Gasteiger partial charge >= 0.3 is 0 Å². The van der Waals surface area contributed by atoms with Crippen molar-refractivity contribution in [1.29, 1.82) is 0 Å². The van der Waals surface area contributed by atoms with Crippen molar-refractivity contribution in [2.45, 2.75) is 6.54 Å². The van der Waals surface area contributed by atoms with Crippen molar-refractivity contribution in [1.82, 2.24) is 9.55 Å². The van der Waals surface area contributed by atoms with Crippen molar-refractivity contribution in [2.75, 3.05) is 0 Å². The Morgan fingerprint density at radius 2 is 1.31 bits per heavy atom. The highest BCUT2D eigenvalue weighted by Gasteiger charge is 2.20. The van der Waals surface area contributed by atoms with Crippen LogP contribution in [0.15, 0.2) is 102 Å². The number of hydrogen-bond donors (Lipinski definition) is 0. The molecule has 0 amide bonds. The van der Waals surface area contributed by atoms with Crippen LogP contribution >= 0.6 is 0 Å². The standard InChI is InChI=1S/C26H18N2O/c1-2-9-18(10-3-1)17-28-25-22-14-7-5-12-20(22)19-11-4-6-13-21(19)24(25)27-26(28)23-15-8-16-29-23/h1-16H,17H2. The molecule has 0 aliphatic heterocycles. The van der Waals surface area contributed by atoms with Crippen LogP contribution < -0.4 is 0 Å². The lowest BCUT2D eigenvalue weighted by molar-refractivity contribution is 0.573. The van der Waals surface area contributed by atoms with Crippen LogP contribution in [0.2, 0.25) is 0 Å². The third kappa shape index (κ3) is 2.48. The molecule has 0 bridgehead atoms. The number of imidazole rings is 1. The first-order valence-corrected chi connectivity index (χ1v) is 9.77. The normalized spacial score (nSPS) is 11.6. The van der Waals surface area contributed by atoms with Crippen molar-refractivity contribution in [3.8, 4) is 11.6 Å². The Kier molecular flexibility index (Phi) is 3.53. The number of nitrogens with zero attached hydrogens (tertiary/aromatic N) is 2. The van der Waals surface area contributed by atoms with E-state index < -0.39 is 0 Å². The van der Waals surface area contributed by atoms with Crippen molar-refractivity contribution in [3.05, 3.63) is 103 Å². The van der Waals surface area contributed by atoms with Gasteiger partial charge in [-0.15, -0.1) is 0 Å². The predicted octanol–water partition coefficient (Wildman–Crippen LogP) is 6.65. The molecule has 2 aromatic heterocycles. The first-order chi connectivity index (χ1) is 14.4. The number of aromatic nitrogens is 2. The van der Waals surface area contributed by atoms with Crippen molar-refractivity contribution >= 4 is 32.6 Å². The van der Waals surface area contributed by atoms with Crippen LogP contribution in [0.1, 0.15) is 5.56 Å². The van der Waals surface area contributed by atoms with Crippen molar-refractivity contribution in [3.63, 3.8) is 0 Å². The maximum Gasteiger partial charge on any atom is 0.177 e. The Morgan fingerprint density at radius 1 is 0.655 bits per heavy atom. The second kappa shape index (κ2) is 6.35. The monoisotopic (exact) mass is 374 g/mol. The van der Waals surface area contributed by atoms with E-state index in [1.165, 1.54) is 27.1 Å². The van der Waals surface area contributed by atoms with Crippen LogP contribution in [0.4, 0.5) is 0 Å². The maximum atomic E-state index is 5.77. The fraction of sp³-hybridized carbons (Fsp3) is 0.0385. The quantitative estimate of drug-likeness (QED) is 0.325. The molecule has 0 saturated carbocycles. The first kappa shape index (κ1) is 16.1. The van der Waals surface area contributed by atoms with Crippen LogP contribution in [0.25, 0.3) is 44.2 Å². The number of benzene rings is 4. The second-order valence-corrected chi connectivity index (χ2v) is 7.27. The third-order valence-electron chi connectivity index (χ3n) is 5.55. The van der Waals surface area contributed by atoms with E-state index in [2.05, 4.69) is 77.4 Å². The lowest BCUT2D eigenvalue weighted by Gasteiger charge is -2.11. The molecule has 2 heterocycles. The lowest BCUT2D eigenvalue weighted by atomic mass is 10.00. The molecule has 0 fully saturated rings. The van der Waals surface area contributed by atoms with E-state index in [9.17, 15) is 0 Å². The van der Waals surface area contributed by atoms with Crippen molar-refractivity contribution < 1.29 is 4.42 Å². The average molecular weight is 374 g/mol. The summed E-state index contributed by atoms with van der Waals surface area (Å²) in [6.45, 7) is 0.732. The lowest BCUT2D eigenvalue weighted by Crippen LogP contribution is -2.02. The average Bonchev–Trinajstić information content (AvgIpc) is 3.43. The fourth-order valence-corrected chi connectivity index (χ4v) is 4.28. The van der Waals surface area contributed by atoms with Gasteiger partial charge in [-0.3, -0.25) is 0 Å². The van der Waals surface area contributed by atoms with Gasteiger partial charge in [0.05, 0.1) is 17.3 Å². The molecular weight excluding hydrogens is 356 g/mol. The van der Waals surface area contributed by atoms with Gasteiger partial charge in [0.1, 0.15) is 0 Å². The summed E-state index contributed by atoms with van der Waals surface area (Å²) in [5.41, 5.74) is 3.40. The summed E-state index contributed by atoms with van der Waals surface area (Å²) in [5, 5.41) is 4.85. The van der Waals surface area contributed by atoms with Gasteiger partial charge < -0.3 is 8.98 Å². The number of rotatable bonds is 3. The molecule has 0 atom stereocenters. The van der Waals surface area contributed by atoms with Gasteiger partial charge in [0.15, 0.2) is 11.6 Å². The molecule has 6 rings (SSSR count). The Balaban J connectivity index is 1.79. The molecule has 0 saturated heterocycles. The van der Waals surface area contributed by atoms with Gasteiger partial charge in [0.25, 0.3) is 0 Å². The molecule has 138 valence electrons. The summed E-state index contributed by atoms with van der Waals surface area (Å²) in [7, 11) is 0. The zero-order chi connectivity index (χ0) is 19.2. The topological polar surface area (TPSA) is 31.0 Å². The van der Waals surface area contributed by atoms with Gasteiger partial charge in [-0.05, 0) is 28.5 Å². The van der Waals surface area contributed by atoms with Crippen LogP contribution in [-0.2, 0) is 6.54 Å². The molecule has 29 heavy (non-hydrogen) atoms. The second-order valence-electron chi connectivity index (χ2n) is 7.27. The highest BCUT2D eigenvalue weighted by atomic mass is 16.3. The molecule has 0 aliphatic rings. The minimum Gasteiger partial charge on any atom is -0.461 e. The molecule has 0 N–H and O–H groups in total. The van der Waals surface area contributed by atoms with E-state index in [0.29, 0.717) is 0 Å². The van der Waals surface area contributed by atoms with Gasteiger partial charge in [0.2, 0.25) is 0 Å². The molecule has 3 nitrogen and oxygen atoms in total. The van der Waals surface area contributed by atoms with E-state index in [4.69, 9.17) is 9.40 Å². The smallest absolute Gasteiger partial charge is 0.177 e. The van der Waals surface area contributed by atoms with Crippen LogP contribution in [0.5, 0.6) is 0 Å². The maximum absolute atomic E-state index is 5.77. The van der Waals surface area contributed by atoms with Gasteiger partial charge in [-0.1, -0.05) is 78.9 Å². The summed E-state index contributed by atoms with van der Waals surface area (Å²) in [6, 6.07) is 31.5. The molecule has 4 aromatic carbocycles. The van der Waals surface area contributed by atoms with Crippen LogP contribution in [-0.4, -0.2) is 9.55 Å². The number of hydrogen-bond acceptors (Lipinski definition) is 2. The van der Waals surface area contributed by atoms with Crippen LogP contribution in [0.3, 0.4) is 0 Å². The molecular formula is C26H18N2O. The predicted molar refractivity (Wildman–Crippen MR) is 118 cm³/mol. The van der Waals surface area contributed by atoms with E-state index in [1.54, 1.807) is 6.26 Å². The summed E-state index contributed by atoms with van der Waals surface area (Å²) >= 11 is 0. The molecule has 0 radical (unpaired) electrons. The van der Waals surface area contributed by atoms with Crippen molar-refractivity contribution in [2.24, 2.45) is 0 Å². The Hall–Kier alpha value is -3.85. The molecule has 0 unspecified atom stereocenters. The van der Waals surface area contributed by atoms with Gasteiger partial charge in [-0.25, -0.2) is 4.98 Å².